The molecule has 0 saturated carbocycles. The average Bonchev–Trinajstić information content (AvgIpc) is 3.05. The lowest BCUT2D eigenvalue weighted by Gasteiger charge is -2.25. The van der Waals surface area contributed by atoms with Crippen LogP contribution < -0.4 is 0 Å². The van der Waals surface area contributed by atoms with Gasteiger partial charge in [-0.25, -0.2) is 8.42 Å². The third kappa shape index (κ3) is 4.13. The third-order valence-corrected chi connectivity index (χ3v) is 5.65. The summed E-state index contributed by atoms with van der Waals surface area (Å²) >= 11 is 0. The number of H-pyrrole nitrogens is 1. The van der Waals surface area contributed by atoms with Crippen molar-refractivity contribution in [3.63, 3.8) is 0 Å². The zero-order valence-electron chi connectivity index (χ0n) is 13.7. The zero-order chi connectivity index (χ0) is 16.9. The molecule has 1 aliphatic rings. The molecule has 1 aliphatic heterocycles. The quantitative estimate of drug-likeness (QED) is 0.809. The van der Waals surface area contributed by atoms with Gasteiger partial charge in [-0.1, -0.05) is 13.8 Å². The first-order valence-corrected chi connectivity index (χ1v) is 9.50. The molecule has 1 fully saturated rings. The highest BCUT2D eigenvalue weighted by Gasteiger charge is 2.28. The van der Waals surface area contributed by atoms with Crippen molar-refractivity contribution in [1.82, 2.24) is 14.2 Å². The van der Waals surface area contributed by atoms with Gasteiger partial charge in [0.2, 0.25) is 10.0 Å². The Hall–Kier alpha value is -1.38. The number of hydrogen-bond donors (Lipinski definition) is 1. The van der Waals surface area contributed by atoms with E-state index in [1.54, 1.807) is 4.90 Å². The van der Waals surface area contributed by atoms with E-state index in [9.17, 15) is 13.2 Å². The van der Waals surface area contributed by atoms with E-state index >= 15 is 0 Å². The molecule has 1 amide bonds. The fourth-order valence-electron chi connectivity index (χ4n) is 2.61. The summed E-state index contributed by atoms with van der Waals surface area (Å²) in [5.74, 6) is -0.155. The number of sulfonamides is 1. The van der Waals surface area contributed by atoms with Gasteiger partial charge < -0.3 is 14.6 Å². The standard InChI is InChI=1S/C15H25N3O4S/c1-3-5-17(6-4-2)15(19)14-11-13(12-16-14)23(20,21)18-7-9-22-10-8-18/h11-12,16H,3-10H2,1-2H3. The topological polar surface area (TPSA) is 82.7 Å². The molecule has 7 nitrogen and oxygen atoms in total. The zero-order valence-corrected chi connectivity index (χ0v) is 14.6. The van der Waals surface area contributed by atoms with Gasteiger partial charge in [0.15, 0.2) is 0 Å². The third-order valence-electron chi connectivity index (χ3n) is 3.77. The first kappa shape index (κ1) is 18.0. The summed E-state index contributed by atoms with van der Waals surface area (Å²) < 4.78 is 31.7. The van der Waals surface area contributed by atoms with Crippen molar-refractivity contribution in [2.45, 2.75) is 31.6 Å². The predicted molar refractivity (Wildman–Crippen MR) is 86.9 cm³/mol. The molecular formula is C15H25N3O4S. The summed E-state index contributed by atoms with van der Waals surface area (Å²) in [6.07, 6.45) is 3.13. The molecule has 130 valence electrons. The Bertz CT molecular complexity index is 614. The van der Waals surface area contributed by atoms with Gasteiger partial charge in [0.05, 0.1) is 13.2 Å². The van der Waals surface area contributed by atoms with Gasteiger partial charge in [-0.3, -0.25) is 4.79 Å². The van der Waals surface area contributed by atoms with Crippen LogP contribution in [0, 0.1) is 0 Å². The number of aromatic nitrogens is 1. The van der Waals surface area contributed by atoms with Crippen LogP contribution in [0.5, 0.6) is 0 Å². The molecule has 2 heterocycles. The van der Waals surface area contributed by atoms with E-state index in [1.165, 1.54) is 16.6 Å². The lowest BCUT2D eigenvalue weighted by molar-refractivity contribution is 0.0730. The summed E-state index contributed by atoms with van der Waals surface area (Å²) in [5.41, 5.74) is 0.318. The number of hydrogen-bond acceptors (Lipinski definition) is 4. The van der Waals surface area contributed by atoms with Gasteiger partial charge in [0.1, 0.15) is 10.6 Å². The second-order valence-electron chi connectivity index (χ2n) is 5.56. The number of carbonyl (C=O) groups is 1. The summed E-state index contributed by atoms with van der Waals surface area (Å²) in [7, 11) is -3.57. The van der Waals surface area contributed by atoms with Crippen molar-refractivity contribution in [2.24, 2.45) is 0 Å². The monoisotopic (exact) mass is 343 g/mol. The van der Waals surface area contributed by atoms with E-state index in [0.717, 1.165) is 12.8 Å². The molecule has 0 bridgehead atoms. The number of nitrogens with zero attached hydrogens (tertiary/aromatic N) is 2. The van der Waals surface area contributed by atoms with Crippen LogP contribution in [0.4, 0.5) is 0 Å². The van der Waals surface area contributed by atoms with E-state index in [4.69, 9.17) is 4.74 Å². The van der Waals surface area contributed by atoms with Gasteiger partial charge in [-0.15, -0.1) is 0 Å². The largest absolute Gasteiger partial charge is 0.379 e. The van der Waals surface area contributed by atoms with E-state index in [-0.39, 0.29) is 10.8 Å². The van der Waals surface area contributed by atoms with Crippen molar-refractivity contribution in [1.29, 1.82) is 0 Å². The number of rotatable bonds is 7. The number of nitrogens with one attached hydrogen (secondary N) is 1. The number of carbonyl (C=O) groups excluding carboxylic acids is 1. The molecule has 0 atom stereocenters. The Kier molecular flexibility index (Phi) is 6.20. The summed E-state index contributed by atoms with van der Waals surface area (Å²) in [4.78, 5) is 17.2. The molecule has 2 rings (SSSR count). The van der Waals surface area contributed by atoms with Crippen molar-refractivity contribution in [3.05, 3.63) is 18.0 Å². The maximum Gasteiger partial charge on any atom is 0.270 e. The van der Waals surface area contributed by atoms with Crippen LogP contribution in [0.25, 0.3) is 0 Å². The number of aromatic amines is 1. The number of ether oxygens (including phenoxy) is 1. The number of morpholine rings is 1. The highest BCUT2D eigenvalue weighted by molar-refractivity contribution is 7.89. The maximum atomic E-state index is 12.6. The second-order valence-corrected chi connectivity index (χ2v) is 7.50. The fraction of sp³-hybridized carbons (Fsp3) is 0.667. The van der Waals surface area contributed by atoms with Crippen LogP contribution in [-0.2, 0) is 14.8 Å². The predicted octanol–water partition coefficient (Wildman–Crippen LogP) is 1.30. The maximum absolute atomic E-state index is 12.6. The van der Waals surface area contributed by atoms with Crippen molar-refractivity contribution < 1.29 is 17.9 Å². The summed E-state index contributed by atoms with van der Waals surface area (Å²) in [6.45, 7) is 6.84. The molecule has 1 N–H and O–H groups in total. The highest BCUT2D eigenvalue weighted by Crippen LogP contribution is 2.19. The van der Waals surface area contributed by atoms with Crippen LogP contribution in [0.1, 0.15) is 37.2 Å². The summed E-state index contributed by atoms with van der Waals surface area (Å²) in [5, 5.41) is 0. The Morgan fingerprint density at radius 1 is 1.26 bits per heavy atom. The molecule has 1 aromatic rings. The van der Waals surface area contributed by atoms with Crippen molar-refractivity contribution in [2.75, 3.05) is 39.4 Å². The smallest absolute Gasteiger partial charge is 0.270 e. The fourth-order valence-corrected chi connectivity index (χ4v) is 4.01. The Balaban J connectivity index is 2.17. The van der Waals surface area contributed by atoms with E-state index in [2.05, 4.69) is 4.98 Å². The van der Waals surface area contributed by atoms with Gasteiger partial charge >= 0.3 is 0 Å². The van der Waals surface area contributed by atoms with Crippen LogP contribution in [0.2, 0.25) is 0 Å². The minimum absolute atomic E-state index is 0.135. The number of amides is 1. The van der Waals surface area contributed by atoms with Gasteiger partial charge in [0.25, 0.3) is 5.91 Å². The Morgan fingerprint density at radius 2 is 1.87 bits per heavy atom. The minimum Gasteiger partial charge on any atom is -0.379 e. The molecule has 23 heavy (non-hydrogen) atoms. The molecule has 0 aliphatic carbocycles. The van der Waals surface area contributed by atoms with Gasteiger partial charge in [-0.2, -0.15) is 4.31 Å². The van der Waals surface area contributed by atoms with E-state index < -0.39 is 10.0 Å². The van der Waals surface area contributed by atoms with Gasteiger partial charge in [0, 0.05) is 32.4 Å². The van der Waals surface area contributed by atoms with Crippen LogP contribution in [0.3, 0.4) is 0 Å². The van der Waals surface area contributed by atoms with E-state index in [0.29, 0.717) is 45.1 Å². The normalized spacial score (nSPS) is 16.4. The van der Waals surface area contributed by atoms with Crippen LogP contribution in [0.15, 0.2) is 17.2 Å². The van der Waals surface area contributed by atoms with Crippen molar-refractivity contribution >= 4 is 15.9 Å². The first-order valence-electron chi connectivity index (χ1n) is 8.06. The molecular weight excluding hydrogens is 318 g/mol. The Labute approximate surface area is 137 Å². The first-order chi connectivity index (χ1) is 11.0. The lowest BCUT2D eigenvalue weighted by atomic mass is 10.3. The average molecular weight is 343 g/mol. The van der Waals surface area contributed by atoms with Crippen LogP contribution in [-0.4, -0.2) is 67.9 Å². The lowest BCUT2D eigenvalue weighted by Crippen LogP contribution is -2.40. The molecule has 1 aromatic heterocycles. The molecule has 1 saturated heterocycles. The van der Waals surface area contributed by atoms with E-state index in [1.807, 2.05) is 13.8 Å². The molecule has 8 heteroatoms. The molecule has 0 spiro atoms. The SMILES string of the molecule is CCCN(CCC)C(=O)c1cc(S(=O)(=O)N2CCOCC2)c[nH]1. The molecule has 0 radical (unpaired) electrons. The Morgan fingerprint density at radius 3 is 2.43 bits per heavy atom. The molecule has 0 aromatic carbocycles. The summed E-state index contributed by atoms with van der Waals surface area (Å²) in [6, 6.07) is 1.44. The molecule has 0 unspecified atom stereocenters. The van der Waals surface area contributed by atoms with Crippen molar-refractivity contribution in [3.8, 4) is 0 Å². The van der Waals surface area contributed by atoms with Gasteiger partial charge in [-0.05, 0) is 18.9 Å². The second kappa shape index (κ2) is 7.94. The van der Waals surface area contributed by atoms with Crippen LogP contribution >= 0.6 is 0 Å². The highest BCUT2D eigenvalue weighted by atomic mass is 32.2. The minimum atomic E-state index is -3.57.